The van der Waals surface area contributed by atoms with Gasteiger partial charge in [0.25, 0.3) is 11.6 Å². The third-order valence-corrected chi connectivity index (χ3v) is 5.22. The summed E-state index contributed by atoms with van der Waals surface area (Å²) in [5, 5.41) is 16.5. The molecule has 1 N–H and O–H groups in total. The van der Waals surface area contributed by atoms with Gasteiger partial charge in [-0.05, 0) is 36.4 Å². The highest BCUT2D eigenvalue weighted by Crippen LogP contribution is 2.30. The molecular formula is C22H14Cl2N4O3. The topological polar surface area (TPSA) is 89.5 Å². The van der Waals surface area contributed by atoms with Crippen molar-refractivity contribution in [1.82, 2.24) is 4.57 Å². The zero-order valence-electron chi connectivity index (χ0n) is 15.8. The van der Waals surface area contributed by atoms with Crippen molar-refractivity contribution in [2.24, 2.45) is 5.10 Å². The number of non-ortho nitro benzene ring substituents is 1. The van der Waals surface area contributed by atoms with Crippen LogP contribution in [0.1, 0.15) is 15.9 Å². The molecule has 0 fully saturated rings. The first-order chi connectivity index (χ1) is 15.0. The van der Waals surface area contributed by atoms with E-state index in [9.17, 15) is 14.9 Å². The highest BCUT2D eigenvalue weighted by Gasteiger charge is 2.20. The van der Waals surface area contributed by atoms with Crippen LogP contribution in [-0.2, 0) is 0 Å². The molecule has 7 nitrogen and oxygen atoms in total. The Balaban J connectivity index is 1.70. The maximum Gasteiger partial charge on any atom is 0.271 e. The number of hydrazone groups is 1. The Morgan fingerprint density at radius 2 is 1.77 bits per heavy atom. The predicted molar refractivity (Wildman–Crippen MR) is 122 cm³/mol. The van der Waals surface area contributed by atoms with Gasteiger partial charge >= 0.3 is 0 Å². The molecule has 0 aliphatic heterocycles. The number of rotatable bonds is 5. The molecule has 4 rings (SSSR count). The number of para-hydroxylation sites is 1. The molecule has 0 radical (unpaired) electrons. The maximum absolute atomic E-state index is 13.1. The Hall–Kier alpha value is -3.68. The molecule has 9 heteroatoms. The monoisotopic (exact) mass is 452 g/mol. The number of hydrogen-bond donors (Lipinski definition) is 1. The lowest BCUT2D eigenvalue weighted by Gasteiger charge is -2.06. The lowest BCUT2D eigenvalue weighted by molar-refractivity contribution is -0.384. The number of carbonyl (C=O) groups excluding carboxylic acids is 1. The summed E-state index contributed by atoms with van der Waals surface area (Å²) in [6.07, 6.45) is 1.48. The third-order valence-electron chi connectivity index (χ3n) is 4.59. The predicted octanol–water partition coefficient (Wildman–Crippen LogP) is 5.99. The fourth-order valence-electron chi connectivity index (χ4n) is 3.14. The molecule has 3 aromatic carbocycles. The number of nitro groups is 1. The first-order valence-corrected chi connectivity index (χ1v) is 9.84. The Labute approximate surface area is 186 Å². The number of nitrogens with one attached hydrogen (secondary N) is 1. The van der Waals surface area contributed by atoms with Crippen LogP contribution >= 0.6 is 23.2 Å². The molecule has 0 aliphatic rings. The van der Waals surface area contributed by atoms with E-state index in [-0.39, 0.29) is 16.7 Å². The summed E-state index contributed by atoms with van der Waals surface area (Å²) < 4.78 is 1.41. The number of aromatic nitrogens is 1. The van der Waals surface area contributed by atoms with Crippen LogP contribution in [0.5, 0.6) is 0 Å². The van der Waals surface area contributed by atoms with Gasteiger partial charge in [-0.1, -0.05) is 47.5 Å². The number of nitrogens with zero attached hydrogens (tertiary/aromatic N) is 3. The first-order valence-electron chi connectivity index (χ1n) is 9.08. The van der Waals surface area contributed by atoms with Gasteiger partial charge in [-0.3, -0.25) is 24.9 Å². The van der Waals surface area contributed by atoms with Crippen molar-refractivity contribution < 1.29 is 9.72 Å². The van der Waals surface area contributed by atoms with Crippen LogP contribution in [0.25, 0.3) is 10.9 Å². The summed E-state index contributed by atoms with van der Waals surface area (Å²) in [6.45, 7) is 0. The molecule has 0 amide bonds. The van der Waals surface area contributed by atoms with Crippen LogP contribution in [0, 0.1) is 10.1 Å². The van der Waals surface area contributed by atoms with Crippen molar-refractivity contribution in [1.29, 1.82) is 0 Å². The molecule has 0 saturated carbocycles. The second-order valence-corrected chi connectivity index (χ2v) is 7.34. The maximum atomic E-state index is 13.1. The molecule has 0 saturated heterocycles. The van der Waals surface area contributed by atoms with Gasteiger partial charge in [0, 0.05) is 33.7 Å². The van der Waals surface area contributed by atoms with E-state index < -0.39 is 4.92 Å². The molecule has 154 valence electrons. The van der Waals surface area contributed by atoms with Crippen molar-refractivity contribution in [3.8, 4) is 0 Å². The van der Waals surface area contributed by atoms with Gasteiger partial charge in [-0.15, -0.1) is 0 Å². The molecule has 1 aromatic heterocycles. The van der Waals surface area contributed by atoms with E-state index in [1.807, 2.05) is 18.2 Å². The summed E-state index contributed by atoms with van der Waals surface area (Å²) in [7, 11) is 0. The number of benzene rings is 3. The van der Waals surface area contributed by atoms with Crippen molar-refractivity contribution >= 4 is 57.6 Å². The van der Waals surface area contributed by atoms with Gasteiger partial charge in [-0.2, -0.15) is 5.10 Å². The van der Waals surface area contributed by atoms with Gasteiger partial charge in [0.05, 0.1) is 22.3 Å². The smallest absolute Gasteiger partial charge is 0.271 e. The van der Waals surface area contributed by atoms with Crippen LogP contribution in [0.3, 0.4) is 0 Å². The van der Waals surface area contributed by atoms with E-state index in [2.05, 4.69) is 10.5 Å². The van der Waals surface area contributed by atoms with Crippen molar-refractivity contribution in [2.45, 2.75) is 0 Å². The summed E-state index contributed by atoms with van der Waals surface area (Å²) >= 11 is 12.5. The summed E-state index contributed by atoms with van der Waals surface area (Å²) in [5.41, 5.74) is 4.75. The van der Waals surface area contributed by atoms with Crippen LogP contribution in [0.15, 0.2) is 77.9 Å². The summed E-state index contributed by atoms with van der Waals surface area (Å²) in [4.78, 5) is 23.6. The molecule has 0 atom stereocenters. The second-order valence-electron chi connectivity index (χ2n) is 6.55. The first kappa shape index (κ1) is 20.6. The molecule has 0 spiro atoms. The SMILES string of the molecule is O=C(c1ccc(Cl)cc1)n1c(Cl)c(/C=N/Nc2cccc([N+](=O)[O-])c2)c2ccccc21. The molecular weight excluding hydrogens is 439 g/mol. The van der Waals surface area contributed by atoms with Gasteiger partial charge in [0.2, 0.25) is 0 Å². The molecule has 0 unspecified atom stereocenters. The van der Waals surface area contributed by atoms with Gasteiger partial charge in [0.1, 0.15) is 5.15 Å². The molecule has 0 aliphatic carbocycles. The standard InChI is InChI=1S/C22H14Cl2N4O3/c23-15-10-8-14(9-11-15)22(29)27-20-7-2-1-6-18(20)19(21(27)24)13-25-26-16-4-3-5-17(12-16)28(30)31/h1-13,26H/b25-13+. The van der Waals surface area contributed by atoms with Crippen molar-refractivity contribution in [3.63, 3.8) is 0 Å². The third kappa shape index (κ3) is 4.14. The molecule has 31 heavy (non-hydrogen) atoms. The number of fused-ring (bicyclic) bond motifs is 1. The Morgan fingerprint density at radius 1 is 1.03 bits per heavy atom. The fourth-order valence-corrected chi connectivity index (χ4v) is 3.58. The Morgan fingerprint density at radius 3 is 2.52 bits per heavy atom. The minimum Gasteiger partial charge on any atom is -0.278 e. The minimum atomic E-state index is -0.484. The van der Waals surface area contributed by atoms with Crippen LogP contribution in [-0.4, -0.2) is 21.6 Å². The second kappa shape index (κ2) is 8.59. The van der Waals surface area contributed by atoms with Gasteiger partial charge in [-0.25, -0.2) is 0 Å². The summed E-state index contributed by atoms with van der Waals surface area (Å²) in [6, 6.07) is 19.8. The number of nitro benzene ring substituents is 1. The lowest BCUT2D eigenvalue weighted by Crippen LogP contribution is -2.12. The largest absolute Gasteiger partial charge is 0.278 e. The van der Waals surface area contributed by atoms with Gasteiger partial charge < -0.3 is 0 Å². The number of hydrogen-bond acceptors (Lipinski definition) is 5. The Kier molecular flexibility index (Phi) is 5.70. The van der Waals surface area contributed by atoms with E-state index in [1.54, 1.807) is 42.5 Å². The zero-order valence-corrected chi connectivity index (χ0v) is 17.3. The van der Waals surface area contributed by atoms with Crippen LogP contribution < -0.4 is 5.43 Å². The van der Waals surface area contributed by atoms with Crippen molar-refractivity contribution in [2.75, 3.05) is 5.43 Å². The number of anilines is 1. The number of halogens is 2. The Bertz CT molecular complexity index is 1330. The number of carbonyl (C=O) groups is 1. The summed E-state index contributed by atoms with van der Waals surface area (Å²) in [5.74, 6) is -0.302. The van der Waals surface area contributed by atoms with Gasteiger partial charge in [0.15, 0.2) is 0 Å². The molecule has 4 aromatic rings. The highest BCUT2D eigenvalue weighted by molar-refractivity contribution is 6.36. The van der Waals surface area contributed by atoms with E-state index in [1.165, 1.54) is 22.9 Å². The zero-order chi connectivity index (χ0) is 22.0. The lowest BCUT2D eigenvalue weighted by atomic mass is 10.2. The highest BCUT2D eigenvalue weighted by atomic mass is 35.5. The van der Waals surface area contributed by atoms with Crippen LogP contribution in [0.4, 0.5) is 11.4 Å². The van der Waals surface area contributed by atoms with E-state index in [0.29, 0.717) is 27.4 Å². The van der Waals surface area contributed by atoms with E-state index in [4.69, 9.17) is 23.2 Å². The minimum absolute atomic E-state index is 0.0524. The van der Waals surface area contributed by atoms with Crippen LogP contribution in [0.2, 0.25) is 10.2 Å². The average Bonchev–Trinajstić information content (AvgIpc) is 3.05. The molecule has 0 bridgehead atoms. The van der Waals surface area contributed by atoms with E-state index in [0.717, 1.165) is 5.39 Å². The van der Waals surface area contributed by atoms with Crippen molar-refractivity contribution in [3.05, 3.63) is 104 Å². The average molecular weight is 453 g/mol. The van der Waals surface area contributed by atoms with E-state index >= 15 is 0 Å². The fraction of sp³-hybridized carbons (Fsp3) is 0. The quantitative estimate of drug-likeness (QED) is 0.228. The normalized spacial score (nSPS) is 11.2. The molecule has 1 heterocycles.